The van der Waals surface area contributed by atoms with E-state index in [0.29, 0.717) is 13.2 Å². The number of ether oxygens (including phenoxy) is 2. The lowest BCUT2D eigenvalue weighted by Crippen LogP contribution is -2.65. The van der Waals surface area contributed by atoms with Crippen LogP contribution in [0.1, 0.15) is 18.9 Å². The van der Waals surface area contributed by atoms with Crippen LogP contribution in [0.5, 0.6) is 0 Å². The van der Waals surface area contributed by atoms with Crippen molar-refractivity contribution in [2.75, 3.05) is 19.4 Å². The second-order valence-electron chi connectivity index (χ2n) is 9.08. The van der Waals surface area contributed by atoms with Gasteiger partial charge in [0.25, 0.3) is 0 Å². The summed E-state index contributed by atoms with van der Waals surface area (Å²) in [6.45, 7) is 2.80. The minimum atomic E-state index is -1.41. The van der Waals surface area contributed by atoms with Crippen LogP contribution in [0.2, 0.25) is 0 Å². The first-order valence-electron chi connectivity index (χ1n) is 11.6. The minimum absolute atomic E-state index is 0.0368. The lowest BCUT2D eigenvalue weighted by atomic mass is 9.92. The highest BCUT2D eigenvalue weighted by atomic mass is 35.5. The molecule has 8 nitrogen and oxygen atoms in total. The predicted molar refractivity (Wildman–Crippen MR) is 131 cm³/mol. The van der Waals surface area contributed by atoms with E-state index in [1.54, 1.807) is 13.2 Å². The van der Waals surface area contributed by atoms with Gasteiger partial charge in [-0.3, -0.25) is 4.79 Å². The fraction of sp³-hybridized carbons (Fsp3) is 0.625. The Morgan fingerprint density at radius 3 is 2.62 bits per heavy atom. The average Bonchev–Trinajstić information content (AvgIpc) is 3.11. The molecule has 34 heavy (non-hydrogen) atoms. The molecule has 2 fully saturated rings. The third-order valence-corrected chi connectivity index (χ3v) is 7.97. The number of benzene rings is 1. The number of amides is 1. The molecule has 0 radical (unpaired) electrons. The number of fused-ring (bicyclic) bond motifs is 1. The highest BCUT2D eigenvalue weighted by Gasteiger charge is 2.49. The van der Waals surface area contributed by atoms with Crippen LogP contribution >= 0.6 is 23.4 Å². The van der Waals surface area contributed by atoms with E-state index in [2.05, 4.69) is 28.8 Å². The fourth-order valence-corrected chi connectivity index (χ4v) is 5.86. The molecule has 10 atom stereocenters. The van der Waals surface area contributed by atoms with Gasteiger partial charge >= 0.3 is 0 Å². The number of alkyl halides is 1. The van der Waals surface area contributed by atoms with Crippen molar-refractivity contribution >= 4 is 34.8 Å². The second-order valence-corrected chi connectivity index (χ2v) is 10.7. The Morgan fingerprint density at radius 2 is 1.94 bits per heavy atom. The zero-order chi connectivity index (χ0) is 24.4. The number of rotatable bonds is 6. The van der Waals surface area contributed by atoms with Crippen molar-refractivity contribution in [1.29, 1.82) is 0 Å². The molecule has 1 amide bonds. The number of hydrogen-bond donors (Lipinski definition) is 5. The molecule has 3 aliphatic heterocycles. The van der Waals surface area contributed by atoms with Gasteiger partial charge in [0.2, 0.25) is 5.91 Å². The molecule has 0 aromatic heterocycles. The monoisotopic (exact) mass is 512 g/mol. The van der Waals surface area contributed by atoms with Crippen molar-refractivity contribution in [3.63, 3.8) is 0 Å². The summed E-state index contributed by atoms with van der Waals surface area (Å²) < 4.78 is 12.0. The van der Waals surface area contributed by atoms with Crippen molar-refractivity contribution in [2.24, 2.45) is 5.92 Å². The lowest BCUT2D eigenvalue weighted by molar-refractivity contribution is -0.205. The van der Waals surface area contributed by atoms with E-state index in [0.717, 1.165) is 12.0 Å². The van der Waals surface area contributed by atoms with Gasteiger partial charge in [0, 0.05) is 12.5 Å². The molecule has 10 heteroatoms. The van der Waals surface area contributed by atoms with Crippen LogP contribution in [0.4, 0.5) is 0 Å². The van der Waals surface area contributed by atoms with Crippen molar-refractivity contribution < 1.29 is 29.6 Å². The summed E-state index contributed by atoms with van der Waals surface area (Å²) in [5.74, 6) is -0.270. The molecule has 4 rings (SSSR count). The summed E-state index contributed by atoms with van der Waals surface area (Å²) in [5.41, 5.74) is 1.61. The van der Waals surface area contributed by atoms with Crippen LogP contribution < -0.4 is 10.6 Å². The first kappa shape index (κ1) is 25.9. The van der Waals surface area contributed by atoms with E-state index in [4.69, 9.17) is 21.1 Å². The third-order valence-electron chi connectivity index (χ3n) is 6.84. The van der Waals surface area contributed by atoms with E-state index in [1.807, 2.05) is 18.2 Å². The molecule has 3 heterocycles. The Hall–Kier alpha value is -1.17. The maximum Gasteiger partial charge on any atom is 0.240 e. The summed E-state index contributed by atoms with van der Waals surface area (Å²) in [6.07, 6.45) is -0.678. The minimum Gasteiger partial charge on any atom is -0.388 e. The van der Waals surface area contributed by atoms with Gasteiger partial charge < -0.3 is 35.4 Å². The van der Waals surface area contributed by atoms with E-state index in [9.17, 15) is 20.1 Å². The van der Waals surface area contributed by atoms with Crippen LogP contribution in [0.25, 0.3) is 5.57 Å². The number of carbonyl (C=O) groups is 1. The van der Waals surface area contributed by atoms with E-state index < -0.39 is 47.3 Å². The molecule has 5 N–H and O–H groups in total. The quantitative estimate of drug-likeness (QED) is 0.354. The standard InChI is InChI=1S/C24H33ClN2O6S/c1-12(25)16(22-19(29)18(28)20(30)24(33-22)34-2)27-23(31)17-21-15(11-26-17)10-14(8-9-32-21)13-6-4-3-5-7-13/h3-7,10,12,15-22,24,26,28-30H,8-9,11H2,1-2H3,(H,27,31). The lowest BCUT2D eigenvalue weighted by Gasteiger charge is -2.44. The number of thioether (sulfide) groups is 1. The van der Waals surface area contributed by atoms with Crippen LogP contribution in [-0.4, -0.2) is 94.1 Å². The zero-order valence-corrected chi connectivity index (χ0v) is 20.8. The Kier molecular flexibility index (Phi) is 8.58. The molecule has 1 aromatic rings. The Bertz CT molecular complexity index is 872. The molecule has 0 aliphatic carbocycles. The number of halogens is 1. The summed E-state index contributed by atoms with van der Waals surface area (Å²) >= 11 is 7.62. The zero-order valence-electron chi connectivity index (χ0n) is 19.2. The number of aliphatic hydroxyl groups excluding tert-OH is 3. The van der Waals surface area contributed by atoms with Crippen molar-refractivity contribution in [1.82, 2.24) is 10.6 Å². The normalized spacial score (nSPS) is 37.8. The average molecular weight is 513 g/mol. The SMILES string of the molecule is CSC1OC(C(NC(=O)C2NCC3C=C(c4ccccc4)CCOC32)C(C)Cl)C(O)C(O)C1O. The molecule has 0 bridgehead atoms. The summed E-state index contributed by atoms with van der Waals surface area (Å²) in [6, 6.07) is 8.77. The second kappa shape index (κ2) is 11.3. The summed E-state index contributed by atoms with van der Waals surface area (Å²) in [7, 11) is 0. The summed E-state index contributed by atoms with van der Waals surface area (Å²) in [4.78, 5) is 13.3. The van der Waals surface area contributed by atoms with Gasteiger partial charge in [0.05, 0.1) is 24.1 Å². The molecule has 188 valence electrons. The van der Waals surface area contributed by atoms with E-state index in [-0.39, 0.29) is 17.9 Å². The first-order valence-corrected chi connectivity index (χ1v) is 13.3. The largest absolute Gasteiger partial charge is 0.388 e. The van der Waals surface area contributed by atoms with Crippen LogP contribution in [0, 0.1) is 5.92 Å². The highest BCUT2D eigenvalue weighted by molar-refractivity contribution is 7.99. The topological polar surface area (TPSA) is 120 Å². The van der Waals surface area contributed by atoms with Crippen LogP contribution in [-0.2, 0) is 14.3 Å². The molecule has 0 spiro atoms. The number of carbonyl (C=O) groups excluding carboxylic acids is 1. The third kappa shape index (κ3) is 5.32. The van der Waals surface area contributed by atoms with E-state index >= 15 is 0 Å². The van der Waals surface area contributed by atoms with E-state index in [1.165, 1.54) is 17.3 Å². The molecular formula is C24H33ClN2O6S. The van der Waals surface area contributed by atoms with Gasteiger partial charge in [-0.25, -0.2) is 0 Å². The molecule has 10 unspecified atom stereocenters. The van der Waals surface area contributed by atoms with Gasteiger partial charge in [-0.15, -0.1) is 23.4 Å². The highest BCUT2D eigenvalue weighted by Crippen LogP contribution is 2.32. The Morgan fingerprint density at radius 1 is 1.21 bits per heavy atom. The van der Waals surface area contributed by atoms with Gasteiger partial charge in [-0.1, -0.05) is 36.4 Å². The maximum atomic E-state index is 13.3. The molecule has 1 aromatic carbocycles. The van der Waals surface area contributed by atoms with Gasteiger partial charge in [-0.05, 0) is 30.7 Å². The van der Waals surface area contributed by atoms with Crippen molar-refractivity contribution in [2.45, 2.75) is 66.8 Å². The predicted octanol–water partition coefficient (Wildman–Crippen LogP) is 0.730. The van der Waals surface area contributed by atoms with Crippen molar-refractivity contribution in [3.8, 4) is 0 Å². The number of hydrogen-bond acceptors (Lipinski definition) is 8. The molecular weight excluding hydrogens is 480 g/mol. The first-order chi connectivity index (χ1) is 16.3. The van der Waals surface area contributed by atoms with Crippen LogP contribution in [0.3, 0.4) is 0 Å². The summed E-state index contributed by atoms with van der Waals surface area (Å²) in [5, 5.41) is 36.6. The molecule has 0 saturated carbocycles. The fourth-order valence-electron chi connectivity index (χ4n) is 4.98. The Balaban J connectivity index is 1.47. The number of nitrogens with one attached hydrogen (secondary N) is 2. The smallest absolute Gasteiger partial charge is 0.240 e. The Labute approximate surface area is 209 Å². The number of aliphatic hydroxyl groups is 3. The molecule has 3 aliphatic rings. The maximum absolute atomic E-state index is 13.3. The van der Waals surface area contributed by atoms with Gasteiger partial charge in [0.15, 0.2) is 0 Å². The molecule has 2 saturated heterocycles. The van der Waals surface area contributed by atoms with Crippen LogP contribution in [0.15, 0.2) is 36.4 Å². The van der Waals surface area contributed by atoms with Crippen molar-refractivity contribution in [3.05, 3.63) is 42.0 Å². The van der Waals surface area contributed by atoms with Gasteiger partial charge in [0.1, 0.15) is 35.9 Å². The van der Waals surface area contributed by atoms with Gasteiger partial charge in [-0.2, -0.15) is 0 Å².